The van der Waals surface area contributed by atoms with Gasteiger partial charge in [-0.25, -0.2) is 13.1 Å². The first-order valence-electron chi connectivity index (χ1n) is 7.84. The Bertz CT molecular complexity index is 983. The van der Waals surface area contributed by atoms with Gasteiger partial charge in [-0.1, -0.05) is 23.7 Å². The van der Waals surface area contributed by atoms with Crippen LogP contribution in [0.5, 0.6) is 0 Å². The van der Waals surface area contributed by atoms with Gasteiger partial charge < -0.3 is 10.2 Å². The standard InChI is InChI=1S/C18H18ClN3O3S/c1-22(2)11-16-15-9-14(7-8-17(15)21-18(16)23)26(24,25)20-10-12-3-5-13(19)6-4-12/h3-9,11,20H,10H2,1-2H3,(H,21,23)/b16-11-. The van der Waals surface area contributed by atoms with E-state index in [4.69, 9.17) is 11.6 Å². The van der Waals surface area contributed by atoms with Crippen LogP contribution in [0.3, 0.4) is 0 Å². The molecule has 2 aromatic carbocycles. The molecule has 1 aliphatic rings. The van der Waals surface area contributed by atoms with E-state index in [0.29, 0.717) is 21.8 Å². The molecule has 136 valence electrons. The summed E-state index contributed by atoms with van der Waals surface area (Å²) in [7, 11) is -0.126. The maximum Gasteiger partial charge on any atom is 0.257 e. The second kappa shape index (κ2) is 7.11. The Balaban J connectivity index is 1.86. The van der Waals surface area contributed by atoms with Crippen molar-refractivity contribution in [3.05, 3.63) is 64.8 Å². The topological polar surface area (TPSA) is 78.5 Å². The van der Waals surface area contributed by atoms with Crippen molar-refractivity contribution in [3.63, 3.8) is 0 Å². The fraction of sp³-hybridized carbons (Fsp3) is 0.167. The van der Waals surface area contributed by atoms with Gasteiger partial charge in [-0.3, -0.25) is 4.79 Å². The molecule has 0 aliphatic carbocycles. The van der Waals surface area contributed by atoms with Crippen LogP contribution < -0.4 is 10.0 Å². The Labute approximate surface area is 157 Å². The summed E-state index contributed by atoms with van der Waals surface area (Å²) in [4.78, 5) is 13.9. The smallest absolute Gasteiger partial charge is 0.257 e. The molecule has 0 bridgehead atoms. The molecule has 2 N–H and O–H groups in total. The maximum atomic E-state index is 12.6. The highest BCUT2D eigenvalue weighted by molar-refractivity contribution is 7.89. The SMILES string of the molecule is CN(C)/C=C1\C(=O)Nc2ccc(S(=O)(=O)NCc3ccc(Cl)cc3)cc21. The first kappa shape index (κ1) is 18.4. The minimum Gasteiger partial charge on any atom is -0.383 e. The number of nitrogens with one attached hydrogen (secondary N) is 2. The van der Waals surface area contributed by atoms with Crippen LogP contribution in [-0.4, -0.2) is 33.3 Å². The van der Waals surface area contributed by atoms with Gasteiger partial charge in [0.25, 0.3) is 5.91 Å². The van der Waals surface area contributed by atoms with Gasteiger partial charge in [0, 0.05) is 43.1 Å². The van der Waals surface area contributed by atoms with E-state index >= 15 is 0 Å². The molecule has 0 atom stereocenters. The molecule has 8 heteroatoms. The van der Waals surface area contributed by atoms with Crippen LogP contribution in [0.15, 0.2) is 53.6 Å². The minimum atomic E-state index is -3.72. The molecule has 0 spiro atoms. The van der Waals surface area contributed by atoms with Gasteiger partial charge in [0.2, 0.25) is 10.0 Å². The van der Waals surface area contributed by atoms with E-state index in [1.165, 1.54) is 12.1 Å². The number of carbonyl (C=O) groups is 1. The van der Waals surface area contributed by atoms with Crippen LogP contribution in [0.4, 0.5) is 5.69 Å². The summed E-state index contributed by atoms with van der Waals surface area (Å²) in [6, 6.07) is 11.5. The molecule has 0 aromatic heterocycles. The predicted molar refractivity (Wildman–Crippen MR) is 102 cm³/mol. The third-order valence-corrected chi connectivity index (χ3v) is 5.50. The van der Waals surface area contributed by atoms with Crippen molar-refractivity contribution < 1.29 is 13.2 Å². The van der Waals surface area contributed by atoms with Crippen molar-refractivity contribution in [2.75, 3.05) is 19.4 Å². The van der Waals surface area contributed by atoms with Crippen molar-refractivity contribution in [2.24, 2.45) is 0 Å². The van der Waals surface area contributed by atoms with Crippen molar-refractivity contribution in [1.82, 2.24) is 9.62 Å². The van der Waals surface area contributed by atoms with Crippen molar-refractivity contribution in [2.45, 2.75) is 11.4 Å². The predicted octanol–water partition coefficient (Wildman–Crippen LogP) is 2.67. The Morgan fingerprint density at radius 1 is 1.15 bits per heavy atom. The highest BCUT2D eigenvalue weighted by atomic mass is 35.5. The van der Waals surface area contributed by atoms with E-state index in [2.05, 4.69) is 10.0 Å². The fourth-order valence-electron chi connectivity index (χ4n) is 2.58. The van der Waals surface area contributed by atoms with Gasteiger partial charge in [-0.15, -0.1) is 0 Å². The third-order valence-electron chi connectivity index (χ3n) is 3.85. The van der Waals surface area contributed by atoms with Gasteiger partial charge in [-0.2, -0.15) is 0 Å². The minimum absolute atomic E-state index is 0.103. The summed E-state index contributed by atoms with van der Waals surface area (Å²) < 4.78 is 27.8. The lowest BCUT2D eigenvalue weighted by Crippen LogP contribution is -2.23. The zero-order valence-corrected chi connectivity index (χ0v) is 15.9. The average molecular weight is 392 g/mol. The molecule has 0 radical (unpaired) electrons. The Hall–Kier alpha value is -2.35. The van der Waals surface area contributed by atoms with Crippen molar-refractivity contribution in [1.29, 1.82) is 0 Å². The second-order valence-electron chi connectivity index (χ2n) is 6.12. The molecular formula is C18H18ClN3O3S. The first-order chi connectivity index (χ1) is 12.3. The molecule has 3 rings (SSSR count). The van der Waals surface area contributed by atoms with Gasteiger partial charge in [0.1, 0.15) is 0 Å². The average Bonchev–Trinajstić information content (AvgIpc) is 2.89. The van der Waals surface area contributed by atoms with E-state index < -0.39 is 10.0 Å². The molecule has 1 amide bonds. The lowest BCUT2D eigenvalue weighted by Gasteiger charge is -2.09. The molecule has 0 saturated carbocycles. The number of carbonyl (C=O) groups excluding carboxylic acids is 1. The number of sulfonamides is 1. The lowest BCUT2D eigenvalue weighted by molar-refractivity contribution is -0.110. The number of benzene rings is 2. The number of nitrogens with zero attached hydrogens (tertiary/aromatic N) is 1. The highest BCUT2D eigenvalue weighted by Gasteiger charge is 2.26. The van der Waals surface area contributed by atoms with E-state index in [1.54, 1.807) is 55.5 Å². The Morgan fingerprint density at radius 3 is 2.50 bits per heavy atom. The summed E-state index contributed by atoms with van der Waals surface area (Å²) >= 11 is 5.83. The quantitative estimate of drug-likeness (QED) is 0.768. The molecule has 6 nitrogen and oxygen atoms in total. The zero-order chi connectivity index (χ0) is 18.9. The van der Waals surface area contributed by atoms with Crippen LogP contribution in [0.1, 0.15) is 11.1 Å². The molecule has 2 aromatic rings. The largest absolute Gasteiger partial charge is 0.383 e. The van der Waals surface area contributed by atoms with Crippen molar-refractivity contribution in [3.8, 4) is 0 Å². The highest BCUT2D eigenvalue weighted by Crippen LogP contribution is 2.33. The van der Waals surface area contributed by atoms with Crippen LogP contribution in [0.2, 0.25) is 5.02 Å². The lowest BCUT2D eigenvalue weighted by atomic mass is 10.1. The number of rotatable bonds is 5. The number of hydrogen-bond acceptors (Lipinski definition) is 4. The van der Waals surface area contributed by atoms with Gasteiger partial charge in [0.05, 0.1) is 10.5 Å². The van der Waals surface area contributed by atoms with Gasteiger partial charge >= 0.3 is 0 Å². The van der Waals surface area contributed by atoms with E-state index in [-0.39, 0.29) is 17.3 Å². The van der Waals surface area contributed by atoms with Gasteiger partial charge in [0.15, 0.2) is 0 Å². The molecule has 1 aliphatic heterocycles. The second-order valence-corrected chi connectivity index (χ2v) is 8.32. The van der Waals surface area contributed by atoms with Crippen LogP contribution in [0, 0.1) is 0 Å². The molecule has 1 heterocycles. The maximum absolute atomic E-state index is 12.6. The number of amides is 1. The summed E-state index contributed by atoms with van der Waals surface area (Å²) in [6.45, 7) is 0.147. The van der Waals surface area contributed by atoms with Crippen LogP contribution in [0.25, 0.3) is 5.57 Å². The van der Waals surface area contributed by atoms with E-state index in [1.807, 2.05) is 0 Å². The molecule has 0 saturated heterocycles. The van der Waals surface area contributed by atoms with E-state index in [0.717, 1.165) is 5.56 Å². The number of anilines is 1. The number of hydrogen-bond donors (Lipinski definition) is 2. The summed E-state index contributed by atoms with van der Waals surface area (Å²) in [5.41, 5.74) is 2.39. The van der Waals surface area contributed by atoms with Crippen LogP contribution >= 0.6 is 11.6 Å². The zero-order valence-electron chi connectivity index (χ0n) is 14.3. The fourth-order valence-corrected chi connectivity index (χ4v) is 3.75. The van der Waals surface area contributed by atoms with E-state index in [9.17, 15) is 13.2 Å². The van der Waals surface area contributed by atoms with Crippen LogP contribution in [-0.2, 0) is 21.4 Å². The summed E-state index contributed by atoms with van der Waals surface area (Å²) in [5, 5.41) is 3.32. The molecular weight excluding hydrogens is 374 g/mol. The molecule has 0 fully saturated rings. The summed E-state index contributed by atoms with van der Waals surface area (Å²) in [5.74, 6) is -0.252. The monoisotopic (exact) mass is 391 g/mol. The molecule has 0 unspecified atom stereocenters. The summed E-state index contributed by atoms with van der Waals surface area (Å²) in [6.07, 6.45) is 1.67. The Kier molecular flexibility index (Phi) is 5.04. The number of halogens is 1. The van der Waals surface area contributed by atoms with Gasteiger partial charge in [-0.05, 0) is 35.9 Å². The molecule has 26 heavy (non-hydrogen) atoms. The third kappa shape index (κ3) is 3.90. The van der Waals surface area contributed by atoms with Crippen molar-refractivity contribution >= 4 is 38.8 Å². The Morgan fingerprint density at radius 2 is 1.85 bits per heavy atom. The number of fused-ring (bicyclic) bond motifs is 1. The first-order valence-corrected chi connectivity index (χ1v) is 9.70. The normalized spacial score (nSPS) is 15.0.